The molecule has 0 saturated heterocycles. The summed E-state index contributed by atoms with van der Waals surface area (Å²) in [5, 5.41) is 9.18. The average Bonchev–Trinajstić information content (AvgIpc) is 2.15. The van der Waals surface area contributed by atoms with Crippen LogP contribution in [0.2, 0.25) is 5.02 Å². The first-order valence-electron chi connectivity index (χ1n) is 4.01. The zero-order valence-corrected chi connectivity index (χ0v) is 8.12. The normalized spacial score (nSPS) is 9.86. The van der Waals surface area contributed by atoms with Gasteiger partial charge in [-0.15, -0.1) is 0 Å². The Morgan fingerprint density at radius 1 is 1.57 bits per heavy atom. The topological polar surface area (TPSA) is 72.5 Å². The molecule has 0 aliphatic carbocycles. The minimum Gasteiger partial charge on any atom is -0.491 e. The Morgan fingerprint density at radius 2 is 2.29 bits per heavy atom. The molecule has 1 aromatic carbocycles. The lowest BCUT2D eigenvalue weighted by atomic mass is 10.2. The predicted molar refractivity (Wildman–Crippen MR) is 53.0 cm³/mol. The summed E-state index contributed by atoms with van der Waals surface area (Å²) in [5.41, 5.74) is 5.28. The van der Waals surface area contributed by atoms with Crippen molar-refractivity contribution in [3.63, 3.8) is 0 Å². The summed E-state index contributed by atoms with van der Waals surface area (Å²) in [6.45, 7) is 0.615. The first-order chi connectivity index (χ1) is 6.65. The van der Waals surface area contributed by atoms with Gasteiger partial charge in [-0.3, -0.25) is 0 Å². The Balaban J connectivity index is 2.96. The van der Waals surface area contributed by atoms with Gasteiger partial charge in [0, 0.05) is 11.6 Å². The first kappa shape index (κ1) is 10.8. The maximum Gasteiger partial charge on any atom is 0.339 e. The fraction of sp³-hybridized carbons (Fsp3) is 0.222. The van der Waals surface area contributed by atoms with Crippen LogP contribution in [0.5, 0.6) is 5.75 Å². The number of hydrogen-bond donors (Lipinski definition) is 2. The summed E-state index contributed by atoms with van der Waals surface area (Å²) < 4.78 is 5.14. The van der Waals surface area contributed by atoms with Crippen LogP contribution in [-0.2, 0) is 0 Å². The number of carboxylic acid groups (broad SMARTS) is 1. The smallest absolute Gasteiger partial charge is 0.339 e. The number of hydrogen-bond acceptors (Lipinski definition) is 3. The van der Waals surface area contributed by atoms with Crippen LogP contribution in [-0.4, -0.2) is 24.2 Å². The molecule has 0 aromatic heterocycles. The minimum absolute atomic E-state index is 0.0472. The van der Waals surface area contributed by atoms with Crippen molar-refractivity contribution in [1.82, 2.24) is 0 Å². The molecule has 0 fully saturated rings. The van der Waals surface area contributed by atoms with Crippen LogP contribution in [0.15, 0.2) is 18.2 Å². The molecule has 4 nitrogen and oxygen atoms in total. The van der Waals surface area contributed by atoms with Crippen LogP contribution in [0.1, 0.15) is 10.4 Å². The van der Waals surface area contributed by atoms with E-state index >= 15 is 0 Å². The van der Waals surface area contributed by atoms with E-state index < -0.39 is 5.97 Å². The van der Waals surface area contributed by atoms with Gasteiger partial charge < -0.3 is 15.6 Å². The predicted octanol–water partition coefficient (Wildman–Crippen LogP) is 1.38. The van der Waals surface area contributed by atoms with E-state index in [9.17, 15) is 4.79 Å². The van der Waals surface area contributed by atoms with Crippen LogP contribution >= 0.6 is 11.6 Å². The average molecular weight is 216 g/mol. The van der Waals surface area contributed by atoms with Gasteiger partial charge >= 0.3 is 5.97 Å². The van der Waals surface area contributed by atoms with Gasteiger partial charge in [-0.2, -0.15) is 0 Å². The second kappa shape index (κ2) is 4.83. The van der Waals surface area contributed by atoms with Gasteiger partial charge in [-0.05, 0) is 18.2 Å². The largest absolute Gasteiger partial charge is 0.491 e. The molecule has 0 bridgehead atoms. The third-order valence-corrected chi connectivity index (χ3v) is 1.78. The quantitative estimate of drug-likeness (QED) is 0.796. The lowest BCUT2D eigenvalue weighted by molar-refractivity contribution is 0.0692. The first-order valence-corrected chi connectivity index (χ1v) is 4.38. The molecule has 0 spiro atoms. The van der Waals surface area contributed by atoms with Crippen molar-refractivity contribution in [3.8, 4) is 5.75 Å². The van der Waals surface area contributed by atoms with Crippen molar-refractivity contribution in [1.29, 1.82) is 0 Å². The third kappa shape index (κ3) is 2.61. The Bertz CT molecular complexity index is 341. The van der Waals surface area contributed by atoms with E-state index in [0.717, 1.165) is 0 Å². The van der Waals surface area contributed by atoms with Gasteiger partial charge in [-0.25, -0.2) is 4.79 Å². The highest BCUT2D eigenvalue weighted by Gasteiger charge is 2.11. The highest BCUT2D eigenvalue weighted by molar-refractivity contribution is 6.31. The molecule has 0 atom stereocenters. The molecule has 1 rings (SSSR count). The van der Waals surface area contributed by atoms with Crippen molar-refractivity contribution in [3.05, 3.63) is 28.8 Å². The zero-order valence-electron chi connectivity index (χ0n) is 7.37. The molecule has 0 amide bonds. The molecular weight excluding hydrogens is 206 g/mol. The van der Waals surface area contributed by atoms with Crippen molar-refractivity contribution >= 4 is 17.6 Å². The molecule has 76 valence electrons. The van der Waals surface area contributed by atoms with Gasteiger partial charge in [0.15, 0.2) is 0 Å². The molecule has 5 heteroatoms. The standard InChI is InChI=1S/C9H10ClNO3/c10-6-1-2-8(14-4-3-11)7(5-6)9(12)13/h1-2,5H,3-4,11H2,(H,12,13). The number of halogens is 1. The number of rotatable bonds is 4. The maximum atomic E-state index is 10.8. The van der Waals surface area contributed by atoms with Crippen molar-refractivity contribution < 1.29 is 14.6 Å². The molecule has 0 unspecified atom stereocenters. The molecule has 3 N–H and O–H groups in total. The number of carboxylic acids is 1. The number of ether oxygens (including phenoxy) is 1. The van der Waals surface area contributed by atoms with Crippen LogP contribution in [0, 0.1) is 0 Å². The second-order valence-corrected chi connectivity index (χ2v) is 3.02. The SMILES string of the molecule is NCCOc1ccc(Cl)cc1C(=O)O. The summed E-state index contributed by atoms with van der Waals surface area (Å²) >= 11 is 5.65. The zero-order chi connectivity index (χ0) is 10.6. The number of aromatic carboxylic acids is 1. The summed E-state index contributed by atoms with van der Waals surface area (Å²) in [6.07, 6.45) is 0. The van der Waals surface area contributed by atoms with Crippen LogP contribution in [0.4, 0.5) is 0 Å². The van der Waals surface area contributed by atoms with E-state index in [0.29, 0.717) is 11.6 Å². The molecule has 0 radical (unpaired) electrons. The van der Waals surface area contributed by atoms with Gasteiger partial charge in [0.05, 0.1) is 0 Å². The van der Waals surface area contributed by atoms with Gasteiger partial charge in [0.2, 0.25) is 0 Å². The molecular formula is C9H10ClNO3. The summed E-state index contributed by atoms with van der Waals surface area (Å²) in [7, 11) is 0. The maximum absolute atomic E-state index is 10.8. The molecule has 0 aliphatic heterocycles. The highest BCUT2D eigenvalue weighted by atomic mass is 35.5. The molecule has 0 saturated carbocycles. The monoisotopic (exact) mass is 215 g/mol. The third-order valence-electron chi connectivity index (χ3n) is 1.55. The summed E-state index contributed by atoms with van der Waals surface area (Å²) in [4.78, 5) is 10.8. The van der Waals surface area contributed by atoms with E-state index in [1.165, 1.54) is 12.1 Å². The van der Waals surface area contributed by atoms with Crippen LogP contribution in [0.3, 0.4) is 0 Å². The Labute approximate surface area is 86.2 Å². The molecule has 0 heterocycles. The van der Waals surface area contributed by atoms with Crippen molar-refractivity contribution in [2.24, 2.45) is 5.73 Å². The number of nitrogens with two attached hydrogens (primary N) is 1. The molecule has 14 heavy (non-hydrogen) atoms. The number of carbonyl (C=O) groups is 1. The van der Waals surface area contributed by atoms with Gasteiger partial charge in [-0.1, -0.05) is 11.6 Å². The van der Waals surface area contributed by atoms with Crippen LogP contribution < -0.4 is 10.5 Å². The van der Waals surface area contributed by atoms with E-state index in [1.807, 2.05) is 0 Å². The number of benzene rings is 1. The minimum atomic E-state index is -1.07. The fourth-order valence-corrected chi connectivity index (χ4v) is 1.14. The Hall–Kier alpha value is -1.26. The van der Waals surface area contributed by atoms with Gasteiger partial charge in [0.1, 0.15) is 17.9 Å². The van der Waals surface area contributed by atoms with Crippen molar-refractivity contribution in [2.45, 2.75) is 0 Å². The lowest BCUT2D eigenvalue weighted by Gasteiger charge is -2.07. The van der Waals surface area contributed by atoms with E-state index in [4.69, 9.17) is 27.2 Å². The van der Waals surface area contributed by atoms with E-state index in [2.05, 4.69) is 0 Å². The van der Waals surface area contributed by atoms with Crippen molar-refractivity contribution in [2.75, 3.05) is 13.2 Å². The Kier molecular flexibility index (Phi) is 3.73. The van der Waals surface area contributed by atoms with Gasteiger partial charge in [0.25, 0.3) is 0 Å². The van der Waals surface area contributed by atoms with Crippen LogP contribution in [0.25, 0.3) is 0 Å². The lowest BCUT2D eigenvalue weighted by Crippen LogP contribution is -2.12. The molecule has 0 aliphatic rings. The summed E-state index contributed by atoms with van der Waals surface area (Å²) in [5.74, 6) is -0.785. The van der Waals surface area contributed by atoms with E-state index in [1.54, 1.807) is 6.07 Å². The fourth-order valence-electron chi connectivity index (χ4n) is 0.964. The Morgan fingerprint density at radius 3 is 2.86 bits per heavy atom. The highest BCUT2D eigenvalue weighted by Crippen LogP contribution is 2.22. The summed E-state index contributed by atoms with van der Waals surface area (Å²) in [6, 6.07) is 4.43. The molecule has 1 aromatic rings. The van der Waals surface area contributed by atoms with E-state index in [-0.39, 0.29) is 17.9 Å². The second-order valence-electron chi connectivity index (χ2n) is 2.58.